The van der Waals surface area contributed by atoms with Gasteiger partial charge in [-0.2, -0.15) is 0 Å². The maximum atomic E-state index is 6.00. The van der Waals surface area contributed by atoms with Gasteiger partial charge in [0.15, 0.2) is 5.15 Å². The van der Waals surface area contributed by atoms with Crippen molar-refractivity contribution in [3.8, 4) is 11.4 Å². The first-order chi connectivity index (χ1) is 8.24. The third-order valence-electron chi connectivity index (χ3n) is 2.65. The van der Waals surface area contributed by atoms with Crippen molar-refractivity contribution in [2.75, 3.05) is 0 Å². The van der Waals surface area contributed by atoms with Gasteiger partial charge < -0.3 is 4.98 Å². The van der Waals surface area contributed by atoms with Gasteiger partial charge in [-0.15, -0.1) is 0 Å². The topological polar surface area (TPSA) is 41.6 Å². The summed E-state index contributed by atoms with van der Waals surface area (Å²) in [5.41, 5.74) is 3.87. The van der Waals surface area contributed by atoms with Crippen molar-refractivity contribution < 1.29 is 0 Å². The zero-order chi connectivity index (χ0) is 11.8. The second kappa shape index (κ2) is 3.86. The molecule has 0 saturated heterocycles. The van der Waals surface area contributed by atoms with Gasteiger partial charge in [0.1, 0.15) is 11.3 Å². The number of fused-ring (bicyclic) bond motifs is 1. The van der Waals surface area contributed by atoms with Crippen LogP contribution in [0.3, 0.4) is 0 Å². The van der Waals surface area contributed by atoms with Gasteiger partial charge in [0.2, 0.25) is 0 Å². The monoisotopic (exact) mass is 243 g/mol. The Morgan fingerprint density at radius 2 is 2.12 bits per heavy atom. The van der Waals surface area contributed by atoms with E-state index >= 15 is 0 Å². The van der Waals surface area contributed by atoms with Gasteiger partial charge >= 0.3 is 0 Å². The third kappa shape index (κ3) is 1.78. The number of halogens is 1. The standard InChI is InChI=1S/C13H10ClN3/c1-8-3-2-4-9(7-8)13-16-10-5-6-15-12(14)11(10)17-13/h2-7H,1H3,(H,16,17). The summed E-state index contributed by atoms with van der Waals surface area (Å²) in [6.45, 7) is 2.06. The highest BCUT2D eigenvalue weighted by molar-refractivity contribution is 6.33. The molecule has 0 aliphatic carbocycles. The van der Waals surface area contributed by atoms with Crippen molar-refractivity contribution in [3.05, 3.63) is 47.2 Å². The first-order valence-electron chi connectivity index (χ1n) is 5.31. The number of benzene rings is 1. The zero-order valence-electron chi connectivity index (χ0n) is 9.24. The predicted molar refractivity (Wildman–Crippen MR) is 69.1 cm³/mol. The lowest BCUT2D eigenvalue weighted by atomic mass is 10.1. The van der Waals surface area contributed by atoms with Gasteiger partial charge in [-0.05, 0) is 19.1 Å². The molecule has 2 aromatic heterocycles. The molecule has 2 heterocycles. The average molecular weight is 244 g/mol. The van der Waals surface area contributed by atoms with E-state index in [1.54, 1.807) is 6.20 Å². The number of H-pyrrole nitrogens is 1. The van der Waals surface area contributed by atoms with E-state index in [-0.39, 0.29) is 0 Å². The summed E-state index contributed by atoms with van der Waals surface area (Å²) >= 11 is 6.00. The largest absolute Gasteiger partial charge is 0.338 e. The number of nitrogens with zero attached hydrogens (tertiary/aromatic N) is 2. The molecule has 0 saturated carbocycles. The minimum atomic E-state index is 0.428. The van der Waals surface area contributed by atoms with Gasteiger partial charge in [-0.3, -0.25) is 0 Å². The predicted octanol–water partition coefficient (Wildman–Crippen LogP) is 3.59. The molecule has 3 rings (SSSR count). The SMILES string of the molecule is Cc1cccc(-c2nc3c(Cl)nccc3[nH]2)c1. The summed E-state index contributed by atoms with van der Waals surface area (Å²) in [6, 6.07) is 10.0. The number of rotatable bonds is 1. The molecule has 0 aliphatic rings. The Balaban J connectivity index is 2.22. The van der Waals surface area contributed by atoms with Crippen molar-refractivity contribution in [2.45, 2.75) is 6.92 Å². The molecule has 0 aliphatic heterocycles. The summed E-state index contributed by atoms with van der Waals surface area (Å²) < 4.78 is 0. The molecular formula is C13H10ClN3. The van der Waals surface area contributed by atoms with Crippen LogP contribution in [-0.2, 0) is 0 Å². The molecule has 0 spiro atoms. The van der Waals surface area contributed by atoms with Crippen LogP contribution in [0.4, 0.5) is 0 Å². The van der Waals surface area contributed by atoms with Gasteiger partial charge in [0, 0.05) is 11.8 Å². The first-order valence-corrected chi connectivity index (χ1v) is 5.69. The zero-order valence-corrected chi connectivity index (χ0v) is 9.99. The Hall–Kier alpha value is -1.87. The van der Waals surface area contributed by atoms with E-state index in [0.29, 0.717) is 10.7 Å². The fraction of sp³-hybridized carbons (Fsp3) is 0.0769. The maximum absolute atomic E-state index is 6.00. The van der Waals surface area contributed by atoms with E-state index in [0.717, 1.165) is 16.9 Å². The Bertz CT molecular complexity index is 688. The van der Waals surface area contributed by atoms with Crippen LogP contribution in [0.2, 0.25) is 5.15 Å². The lowest BCUT2D eigenvalue weighted by Gasteiger charge is -1.97. The quantitative estimate of drug-likeness (QED) is 0.664. The van der Waals surface area contributed by atoms with Crippen LogP contribution in [-0.4, -0.2) is 15.0 Å². The molecular weight excluding hydrogens is 234 g/mol. The lowest BCUT2D eigenvalue weighted by molar-refractivity contribution is 1.32. The molecule has 84 valence electrons. The normalized spacial score (nSPS) is 10.9. The van der Waals surface area contributed by atoms with E-state index in [9.17, 15) is 0 Å². The van der Waals surface area contributed by atoms with E-state index in [4.69, 9.17) is 11.6 Å². The number of nitrogens with one attached hydrogen (secondary N) is 1. The molecule has 3 aromatic rings. The van der Waals surface area contributed by atoms with Crippen molar-refractivity contribution in [1.82, 2.24) is 15.0 Å². The summed E-state index contributed by atoms with van der Waals surface area (Å²) in [5, 5.41) is 0.428. The van der Waals surface area contributed by atoms with Crippen molar-refractivity contribution >= 4 is 22.6 Å². The fourth-order valence-corrected chi connectivity index (χ4v) is 2.03. The van der Waals surface area contributed by atoms with Crippen LogP contribution in [0, 0.1) is 6.92 Å². The number of imidazole rings is 1. The van der Waals surface area contributed by atoms with Crippen molar-refractivity contribution in [2.24, 2.45) is 0 Å². The molecule has 0 radical (unpaired) electrons. The number of hydrogen-bond donors (Lipinski definition) is 1. The van der Waals surface area contributed by atoms with Gasteiger partial charge in [0.25, 0.3) is 0 Å². The molecule has 0 amide bonds. The maximum Gasteiger partial charge on any atom is 0.156 e. The second-order valence-corrected chi connectivity index (χ2v) is 4.31. The highest BCUT2D eigenvalue weighted by Crippen LogP contribution is 2.24. The van der Waals surface area contributed by atoms with E-state index < -0.39 is 0 Å². The van der Waals surface area contributed by atoms with Crippen LogP contribution in [0.25, 0.3) is 22.4 Å². The Kier molecular flexibility index (Phi) is 2.34. The van der Waals surface area contributed by atoms with Crippen LogP contribution in [0.5, 0.6) is 0 Å². The molecule has 0 unspecified atom stereocenters. The van der Waals surface area contributed by atoms with E-state index in [2.05, 4.69) is 34.0 Å². The first kappa shape index (κ1) is 10.3. The molecule has 1 aromatic carbocycles. The third-order valence-corrected chi connectivity index (χ3v) is 2.92. The van der Waals surface area contributed by atoms with Gasteiger partial charge in [-0.25, -0.2) is 9.97 Å². The number of pyridine rings is 1. The summed E-state index contributed by atoms with van der Waals surface area (Å²) in [7, 11) is 0. The molecule has 0 atom stereocenters. The minimum Gasteiger partial charge on any atom is -0.338 e. The van der Waals surface area contributed by atoms with Crippen LogP contribution < -0.4 is 0 Å². The number of hydrogen-bond acceptors (Lipinski definition) is 2. The Morgan fingerprint density at radius 3 is 2.88 bits per heavy atom. The van der Waals surface area contributed by atoms with Gasteiger partial charge in [-0.1, -0.05) is 35.4 Å². The molecule has 3 nitrogen and oxygen atoms in total. The minimum absolute atomic E-state index is 0.428. The number of aryl methyl sites for hydroxylation is 1. The molecule has 17 heavy (non-hydrogen) atoms. The molecule has 0 bridgehead atoms. The fourth-order valence-electron chi connectivity index (χ4n) is 1.83. The highest BCUT2D eigenvalue weighted by Gasteiger charge is 2.08. The molecule has 0 fully saturated rings. The number of aromatic nitrogens is 3. The smallest absolute Gasteiger partial charge is 0.156 e. The number of aromatic amines is 1. The van der Waals surface area contributed by atoms with E-state index in [1.807, 2.05) is 18.2 Å². The van der Waals surface area contributed by atoms with Crippen LogP contribution >= 0.6 is 11.6 Å². The van der Waals surface area contributed by atoms with Crippen molar-refractivity contribution in [3.63, 3.8) is 0 Å². The van der Waals surface area contributed by atoms with Crippen LogP contribution in [0.15, 0.2) is 36.5 Å². The summed E-state index contributed by atoms with van der Waals surface area (Å²) in [5.74, 6) is 0.818. The van der Waals surface area contributed by atoms with Crippen LogP contribution in [0.1, 0.15) is 5.56 Å². The Morgan fingerprint density at radius 1 is 1.24 bits per heavy atom. The lowest BCUT2D eigenvalue weighted by Crippen LogP contribution is -1.81. The van der Waals surface area contributed by atoms with Gasteiger partial charge in [0.05, 0.1) is 5.52 Å². The Labute approximate surface area is 103 Å². The molecule has 4 heteroatoms. The highest BCUT2D eigenvalue weighted by atomic mass is 35.5. The average Bonchev–Trinajstić information content (AvgIpc) is 2.74. The molecule has 1 N–H and O–H groups in total. The van der Waals surface area contributed by atoms with E-state index in [1.165, 1.54) is 5.56 Å². The summed E-state index contributed by atoms with van der Waals surface area (Å²) in [4.78, 5) is 11.7. The summed E-state index contributed by atoms with van der Waals surface area (Å²) in [6.07, 6.45) is 1.67. The van der Waals surface area contributed by atoms with Crippen molar-refractivity contribution in [1.29, 1.82) is 0 Å². The second-order valence-electron chi connectivity index (χ2n) is 3.95.